The van der Waals surface area contributed by atoms with Crippen LogP contribution in [0.5, 0.6) is 11.5 Å². The normalized spacial score (nSPS) is 26.4. The molecule has 0 amide bonds. The molecule has 0 aliphatic heterocycles. The summed E-state index contributed by atoms with van der Waals surface area (Å²) < 4.78 is 10.9. The second-order valence-corrected chi connectivity index (χ2v) is 5.62. The molecule has 0 saturated heterocycles. The van der Waals surface area contributed by atoms with Gasteiger partial charge in [0.15, 0.2) is 0 Å². The number of benzene rings is 1. The minimum Gasteiger partial charge on any atom is -0.497 e. The van der Waals surface area contributed by atoms with Gasteiger partial charge in [0.1, 0.15) is 11.5 Å². The molecule has 19 heavy (non-hydrogen) atoms. The van der Waals surface area contributed by atoms with E-state index in [1.54, 1.807) is 14.2 Å². The Hall–Kier alpha value is -1.22. The highest BCUT2D eigenvalue weighted by atomic mass is 16.5. The van der Waals surface area contributed by atoms with Gasteiger partial charge in [-0.25, -0.2) is 0 Å². The number of nitrogens with one attached hydrogen (secondary N) is 1. The van der Waals surface area contributed by atoms with Crippen molar-refractivity contribution >= 4 is 0 Å². The van der Waals surface area contributed by atoms with Crippen molar-refractivity contribution < 1.29 is 9.47 Å². The average molecular weight is 263 g/mol. The highest BCUT2D eigenvalue weighted by Crippen LogP contribution is 2.45. The molecule has 2 atom stereocenters. The Balaban J connectivity index is 2.29. The van der Waals surface area contributed by atoms with Gasteiger partial charge < -0.3 is 14.8 Å². The predicted octanol–water partition coefficient (Wildman–Crippen LogP) is 3.12. The smallest absolute Gasteiger partial charge is 0.122 e. The largest absolute Gasteiger partial charge is 0.497 e. The van der Waals surface area contributed by atoms with Crippen molar-refractivity contribution in [1.82, 2.24) is 5.32 Å². The summed E-state index contributed by atoms with van der Waals surface area (Å²) in [6.45, 7) is 5.54. The maximum absolute atomic E-state index is 5.54. The molecule has 1 aliphatic carbocycles. The zero-order valence-corrected chi connectivity index (χ0v) is 12.5. The Labute approximate surface area is 116 Å². The summed E-state index contributed by atoms with van der Waals surface area (Å²) >= 11 is 0. The van der Waals surface area contributed by atoms with Gasteiger partial charge in [0.2, 0.25) is 0 Å². The van der Waals surface area contributed by atoms with Crippen LogP contribution in [0.15, 0.2) is 18.2 Å². The van der Waals surface area contributed by atoms with Crippen molar-refractivity contribution in [2.45, 2.75) is 44.6 Å². The maximum Gasteiger partial charge on any atom is 0.122 e. The van der Waals surface area contributed by atoms with Gasteiger partial charge >= 0.3 is 0 Å². The zero-order valence-electron chi connectivity index (χ0n) is 12.5. The summed E-state index contributed by atoms with van der Waals surface area (Å²) in [4.78, 5) is 0. The molecule has 0 heterocycles. The zero-order chi connectivity index (χ0) is 13.9. The Morgan fingerprint density at radius 3 is 2.74 bits per heavy atom. The maximum atomic E-state index is 5.54. The first kappa shape index (κ1) is 14.2. The standard InChI is InChI=1S/C16H25NO2/c1-5-17-12-8-9-16(2,11-12)14-10-13(18-3)6-7-15(14)19-4/h6-7,10,12,17H,5,8-9,11H2,1-4H3. The molecule has 0 bridgehead atoms. The molecular weight excluding hydrogens is 238 g/mol. The molecule has 3 heteroatoms. The van der Waals surface area contributed by atoms with Crippen molar-refractivity contribution in [3.05, 3.63) is 23.8 Å². The number of methoxy groups -OCH3 is 2. The second kappa shape index (κ2) is 5.83. The summed E-state index contributed by atoms with van der Waals surface area (Å²) in [6, 6.07) is 6.72. The lowest BCUT2D eigenvalue weighted by Gasteiger charge is -2.27. The molecule has 1 aromatic carbocycles. The molecule has 0 spiro atoms. The topological polar surface area (TPSA) is 30.5 Å². The van der Waals surface area contributed by atoms with Crippen LogP contribution >= 0.6 is 0 Å². The van der Waals surface area contributed by atoms with Gasteiger partial charge in [0.25, 0.3) is 0 Å². The summed E-state index contributed by atoms with van der Waals surface area (Å²) in [5.41, 5.74) is 1.45. The van der Waals surface area contributed by atoms with E-state index in [1.165, 1.54) is 18.4 Å². The van der Waals surface area contributed by atoms with E-state index >= 15 is 0 Å². The van der Waals surface area contributed by atoms with E-state index in [-0.39, 0.29) is 5.41 Å². The molecule has 1 fully saturated rings. The quantitative estimate of drug-likeness (QED) is 0.885. The van der Waals surface area contributed by atoms with Gasteiger partial charge in [-0.15, -0.1) is 0 Å². The highest BCUT2D eigenvalue weighted by Gasteiger charge is 2.38. The predicted molar refractivity (Wildman–Crippen MR) is 78.2 cm³/mol. The fraction of sp³-hybridized carbons (Fsp3) is 0.625. The van der Waals surface area contributed by atoms with Crippen LogP contribution in [0.25, 0.3) is 0 Å². The lowest BCUT2D eigenvalue weighted by atomic mass is 9.80. The Kier molecular flexibility index (Phi) is 4.35. The fourth-order valence-corrected chi connectivity index (χ4v) is 3.23. The first-order chi connectivity index (χ1) is 9.12. The third-order valence-electron chi connectivity index (χ3n) is 4.29. The van der Waals surface area contributed by atoms with Crippen molar-refractivity contribution in [3.63, 3.8) is 0 Å². The SMILES string of the molecule is CCNC1CCC(C)(c2cc(OC)ccc2OC)C1. The molecule has 0 radical (unpaired) electrons. The van der Waals surface area contributed by atoms with Crippen LogP contribution in [-0.4, -0.2) is 26.8 Å². The van der Waals surface area contributed by atoms with Crippen LogP contribution in [-0.2, 0) is 5.41 Å². The van der Waals surface area contributed by atoms with Crippen molar-refractivity contribution in [2.75, 3.05) is 20.8 Å². The fourth-order valence-electron chi connectivity index (χ4n) is 3.23. The number of hydrogen-bond acceptors (Lipinski definition) is 3. The van der Waals surface area contributed by atoms with E-state index in [0.29, 0.717) is 6.04 Å². The van der Waals surface area contributed by atoms with Gasteiger partial charge in [0, 0.05) is 11.6 Å². The van der Waals surface area contributed by atoms with Crippen LogP contribution < -0.4 is 14.8 Å². The first-order valence-corrected chi connectivity index (χ1v) is 7.09. The van der Waals surface area contributed by atoms with Crippen LogP contribution in [0.3, 0.4) is 0 Å². The van der Waals surface area contributed by atoms with E-state index in [0.717, 1.165) is 24.5 Å². The third kappa shape index (κ3) is 2.86. The summed E-state index contributed by atoms with van der Waals surface area (Å²) in [5.74, 6) is 1.88. The van der Waals surface area contributed by atoms with E-state index in [2.05, 4.69) is 25.2 Å². The molecule has 1 aliphatic rings. The number of rotatable bonds is 5. The van der Waals surface area contributed by atoms with Crippen molar-refractivity contribution in [1.29, 1.82) is 0 Å². The molecular formula is C16H25NO2. The summed E-state index contributed by atoms with van der Waals surface area (Å²) in [6.07, 6.45) is 3.57. The molecule has 1 N–H and O–H groups in total. The highest BCUT2D eigenvalue weighted by molar-refractivity contribution is 5.45. The molecule has 2 rings (SSSR count). The Morgan fingerprint density at radius 1 is 1.32 bits per heavy atom. The Bertz CT molecular complexity index is 433. The monoisotopic (exact) mass is 263 g/mol. The van der Waals surface area contributed by atoms with E-state index < -0.39 is 0 Å². The first-order valence-electron chi connectivity index (χ1n) is 7.09. The molecule has 3 nitrogen and oxygen atoms in total. The molecule has 2 unspecified atom stereocenters. The average Bonchev–Trinajstić information content (AvgIpc) is 2.81. The lowest BCUT2D eigenvalue weighted by molar-refractivity contribution is 0.374. The number of hydrogen-bond donors (Lipinski definition) is 1. The van der Waals surface area contributed by atoms with Crippen molar-refractivity contribution in [2.24, 2.45) is 0 Å². The van der Waals surface area contributed by atoms with Crippen LogP contribution in [0.1, 0.15) is 38.7 Å². The second-order valence-electron chi connectivity index (χ2n) is 5.62. The molecule has 0 aromatic heterocycles. The van der Waals surface area contributed by atoms with Crippen LogP contribution in [0.2, 0.25) is 0 Å². The van der Waals surface area contributed by atoms with Gasteiger partial charge in [-0.1, -0.05) is 13.8 Å². The molecule has 1 aromatic rings. The van der Waals surface area contributed by atoms with E-state index in [9.17, 15) is 0 Å². The van der Waals surface area contributed by atoms with Gasteiger partial charge in [-0.05, 0) is 49.4 Å². The van der Waals surface area contributed by atoms with Crippen LogP contribution in [0.4, 0.5) is 0 Å². The Morgan fingerprint density at radius 2 is 2.11 bits per heavy atom. The van der Waals surface area contributed by atoms with E-state index in [4.69, 9.17) is 9.47 Å². The van der Waals surface area contributed by atoms with Crippen LogP contribution in [0, 0.1) is 0 Å². The third-order valence-corrected chi connectivity index (χ3v) is 4.29. The minimum atomic E-state index is 0.173. The number of ether oxygens (including phenoxy) is 2. The summed E-state index contributed by atoms with van der Waals surface area (Å²) in [7, 11) is 3.45. The lowest BCUT2D eigenvalue weighted by Crippen LogP contribution is -2.28. The minimum absolute atomic E-state index is 0.173. The van der Waals surface area contributed by atoms with Gasteiger partial charge in [-0.2, -0.15) is 0 Å². The van der Waals surface area contributed by atoms with Gasteiger partial charge in [0.05, 0.1) is 14.2 Å². The molecule has 106 valence electrons. The van der Waals surface area contributed by atoms with E-state index in [1.807, 2.05) is 12.1 Å². The van der Waals surface area contributed by atoms with Gasteiger partial charge in [-0.3, -0.25) is 0 Å². The van der Waals surface area contributed by atoms with Crippen molar-refractivity contribution in [3.8, 4) is 11.5 Å². The molecule has 1 saturated carbocycles. The summed E-state index contributed by atoms with van der Waals surface area (Å²) in [5, 5.41) is 3.56.